The molecule has 9 heteroatoms. The summed E-state index contributed by atoms with van der Waals surface area (Å²) in [6, 6.07) is 24.4. The fourth-order valence-corrected chi connectivity index (χ4v) is 4.93. The summed E-state index contributed by atoms with van der Waals surface area (Å²) in [7, 11) is -3.50. The maximum atomic E-state index is 13.4. The van der Waals surface area contributed by atoms with Crippen LogP contribution < -0.4 is 5.32 Å². The topological polar surface area (TPSA) is 91.9 Å². The van der Waals surface area contributed by atoms with Crippen molar-refractivity contribution in [1.29, 1.82) is 0 Å². The second-order valence-electron chi connectivity index (χ2n) is 8.26. The quantitative estimate of drug-likeness (QED) is 0.257. The summed E-state index contributed by atoms with van der Waals surface area (Å²) in [5, 5.41) is 12.0. The summed E-state index contributed by atoms with van der Waals surface area (Å²) in [5.41, 5.74) is 4.37. The van der Waals surface area contributed by atoms with E-state index in [1.165, 1.54) is 18.2 Å². The Balaban J connectivity index is 1.53. The number of nitrogens with one attached hydrogen (secondary N) is 2. The number of aromatic amines is 1. The first kappa shape index (κ1) is 24.1. The van der Waals surface area contributed by atoms with Gasteiger partial charge in [-0.15, -0.1) is 0 Å². The Hall–Kier alpha value is -3.65. The number of benzene rings is 4. The molecule has 0 unspecified atom stereocenters. The summed E-state index contributed by atoms with van der Waals surface area (Å²) in [6.45, 7) is 0. The highest BCUT2D eigenvalue weighted by atomic mass is 35.5. The van der Waals surface area contributed by atoms with E-state index >= 15 is 0 Å². The molecule has 0 spiro atoms. The number of hydrogen-bond donors (Lipinski definition) is 2. The minimum Gasteiger partial charge on any atom is -0.322 e. The molecule has 0 aliphatic heterocycles. The van der Waals surface area contributed by atoms with Gasteiger partial charge in [-0.1, -0.05) is 59.6 Å². The second-order valence-corrected chi connectivity index (χ2v) is 11.1. The Bertz CT molecular complexity index is 1750. The van der Waals surface area contributed by atoms with Crippen molar-refractivity contribution in [2.24, 2.45) is 0 Å². The third-order valence-electron chi connectivity index (χ3n) is 5.76. The molecule has 0 saturated carbocycles. The van der Waals surface area contributed by atoms with Gasteiger partial charge in [0.1, 0.15) is 0 Å². The molecule has 1 amide bonds. The lowest BCUT2D eigenvalue weighted by molar-refractivity contribution is 0.102. The van der Waals surface area contributed by atoms with Gasteiger partial charge in [-0.3, -0.25) is 9.89 Å². The molecule has 36 heavy (non-hydrogen) atoms. The summed E-state index contributed by atoms with van der Waals surface area (Å²) < 4.78 is 24.4. The maximum Gasteiger partial charge on any atom is 0.256 e. The summed E-state index contributed by atoms with van der Waals surface area (Å²) in [6.07, 6.45) is 1.12. The van der Waals surface area contributed by atoms with Crippen molar-refractivity contribution >= 4 is 55.5 Å². The van der Waals surface area contributed by atoms with Gasteiger partial charge in [0, 0.05) is 28.5 Å². The zero-order valence-corrected chi connectivity index (χ0v) is 21.2. The number of aromatic nitrogens is 2. The molecule has 0 aliphatic rings. The molecular weight excluding hydrogens is 517 g/mol. The van der Waals surface area contributed by atoms with E-state index in [9.17, 15) is 13.2 Å². The van der Waals surface area contributed by atoms with Gasteiger partial charge in [-0.2, -0.15) is 5.10 Å². The number of anilines is 1. The lowest BCUT2D eigenvalue weighted by atomic mass is 9.99. The predicted octanol–water partition coefficient (Wildman–Crippen LogP) is 6.86. The first-order chi connectivity index (χ1) is 17.2. The Kier molecular flexibility index (Phi) is 6.30. The third-order valence-corrected chi connectivity index (χ3v) is 7.61. The van der Waals surface area contributed by atoms with Gasteiger partial charge in [-0.25, -0.2) is 8.42 Å². The second kappa shape index (κ2) is 9.43. The molecular formula is C27H19Cl2N3O3S. The monoisotopic (exact) mass is 535 g/mol. The highest BCUT2D eigenvalue weighted by Gasteiger charge is 2.18. The molecule has 0 atom stereocenters. The number of nitrogens with zero attached hydrogens (tertiary/aromatic N) is 1. The third kappa shape index (κ3) is 4.73. The van der Waals surface area contributed by atoms with E-state index in [0.717, 1.165) is 28.4 Å². The zero-order chi connectivity index (χ0) is 25.4. The van der Waals surface area contributed by atoms with E-state index in [1.54, 1.807) is 24.3 Å². The molecule has 5 aromatic rings. The lowest BCUT2D eigenvalue weighted by Crippen LogP contribution is -2.14. The molecule has 0 radical (unpaired) electrons. The number of hydrogen-bond acceptors (Lipinski definition) is 4. The van der Waals surface area contributed by atoms with Crippen LogP contribution in [0.15, 0.2) is 89.8 Å². The average molecular weight is 536 g/mol. The minimum atomic E-state index is -3.50. The standard InChI is InChI=1S/C27H19Cl2N3O3S/c1-36(34,35)19-10-11-20(22(15-19)16-9-12-23(28)24(29)14-16)27(33)30-18-6-4-5-17(13-18)26-21-7-2-3-8-25(21)31-32-26/h2-15H,1H3,(H,30,33)(H,31,32). The molecule has 0 fully saturated rings. The van der Waals surface area contributed by atoms with Crippen LogP contribution in [0.2, 0.25) is 10.0 Å². The molecule has 0 bridgehead atoms. The van der Waals surface area contributed by atoms with Crippen LogP contribution >= 0.6 is 23.2 Å². The maximum absolute atomic E-state index is 13.4. The van der Waals surface area contributed by atoms with Gasteiger partial charge in [0.15, 0.2) is 9.84 Å². The number of carbonyl (C=O) groups excluding carboxylic acids is 1. The number of amides is 1. The molecule has 0 saturated heterocycles. The number of rotatable bonds is 5. The minimum absolute atomic E-state index is 0.0903. The Morgan fingerprint density at radius 3 is 2.44 bits per heavy atom. The van der Waals surface area contributed by atoms with Crippen molar-refractivity contribution in [3.63, 3.8) is 0 Å². The summed E-state index contributed by atoms with van der Waals surface area (Å²) in [4.78, 5) is 13.5. The van der Waals surface area contributed by atoms with Crippen molar-refractivity contribution in [1.82, 2.24) is 10.2 Å². The number of sulfone groups is 1. The smallest absolute Gasteiger partial charge is 0.256 e. The van der Waals surface area contributed by atoms with Crippen LogP contribution in [0.25, 0.3) is 33.3 Å². The largest absolute Gasteiger partial charge is 0.322 e. The van der Waals surface area contributed by atoms with Crippen LogP contribution in [-0.2, 0) is 9.84 Å². The normalized spacial score (nSPS) is 11.5. The van der Waals surface area contributed by atoms with Crippen molar-refractivity contribution in [2.45, 2.75) is 4.90 Å². The van der Waals surface area contributed by atoms with Gasteiger partial charge in [0.05, 0.1) is 26.2 Å². The molecule has 180 valence electrons. The van der Waals surface area contributed by atoms with Gasteiger partial charge in [0.2, 0.25) is 0 Å². The highest BCUT2D eigenvalue weighted by molar-refractivity contribution is 7.90. The molecule has 1 aromatic heterocycles. The van der Waals surface area contributed by atoms with E-state index < -0.39 is 15.7 Å². The first-order valence-electron chi connectivity index (χ1n) is 10.8. The molecule has 4 aromatic carbocycles. The van der Waals surface area contributed by atoms with Crippen molar-refractivity contribution in [3.05, 3.63) is 101 Å². The molecule has 5 rings (SSSR count). The lowest BCUT2D eigenvalue weighted by Gasteiger charge is -2.13. The highest BCUT2D eigenvalue weighted by Crippen LogP contribution is 2.33. The van der Waals surface area contributed by atoms with Gasteiger partial charge >= 0.3 is 0 Å². The molecule has 6 nitrogen and oxygen atoms in total. The van der Waals surface area contributed by atoms with Gasteiger partial charge in [-0.05, 0) is 59.7 Å². The van der Waals surface area contributed by atoms with E-state index in [-0.39, 0.29) is 10.5 Å². The van der Waals surface area contributed by atoms with E-state index in [2.05, 4.69) is 15.5 Å². The number of para-hydroxylation sites is 1. The number of fused-ring (bicyclic) bond motifs is 1. The summed E-state index contributed by atoms with van der Waals surface area (Å²) >= 11 is 12.3. The van der Waals surface area contributed by atoms with Crippen LogP contribution in [0.5, 0.6) is 0 Å². The van der Waals surface area contributed by atoms with Crippen LogP contribution in [0, 0.1) is 0 Å². The van der Waals surface area contributed by atoms with Crippen LogP contribution in [-0.4, -0.2) is 30.8 Å². The van der Waals surface area contributed by atoms with Gasteiger partial charge in [0.25, 0.3) is 5.91 Å². The Labute approximate surface area is 217 Å². The predicted molar refractivity (Wildman–Crippen MR) is 144 cm³/mol. The van der Waals surface area contributed by atoms with Crippen LogP contribution in [0.1, 0.15) is 10.4 Å². The molecule has 0 aliphatic carbocycles. The number of H-pyrrole nitrogens is 1. The van der Waals surface area contributed by atoms with Gasteiger partial charge < -0.3 is 5.32 Å². The van der Waals surface area contributed by atoms with E-state index in [4.69, 9.17) is 23.2 Å². The van der Waals surface area contributed by atoms with Crippen molar-refractivity contribution in [3.8, 4) is 22.4 Å². The SMILES string of the molecule is CS(=O)(=O)c1ccc(C(=O)Nc2cccc(-c3n[nH]c4ccccc34)c2)c(-c2ccc(Cl)c(Cl)c2)c1. The van der Waals surface area contributed by atoms with Crippen LogP contribution in [0.4, 0.5) is 5.69 Å². The molecule has 2 N–H and O–H groups in total. The van der Waals surface area contributed by atoms with E-state index in [0.29, 0.717) is 26.9 Å². The van der Waals surface area contributed by atoms with E-state index in [1.807, 2.05) is 42.5 Å². The first-order valence-corrected chi connectivity index (χ1v) is 13.5. The van der Waals surface area contributed by atoms with Crippen molar-refractivity contribution < 1.29 is 13.2 Å². The number of halogens is 2. The Morgan fingerprint density at radius 1 is 0.861 bits per heavy atom. The molecule has 1 heterocycles. The summed E-state index contributed by atoms with van der Waals surface area (Å²) in [5.74, 6) is -0.403. The Morgan fingerprint density at radius 2 is 1.67 bits per heavy atom. The average Bonchev–Trinajstić information content (AvgIpc) is 3.29. The number of carbonyl (C=O) groups is 1. The zero-order valence-electron chi connectivity index (χ0n) is 18.9. The van der Waals surface area contributed by atoms with Crippen LogP contribution in [0.3, 0.4) is 0 Å². The fourth-order valence-electron chi connectivity index (χ4n) is 3.98. The fraction of sp³-hybridized carbons (Fsp3) is 0.0370. The van der Waals surface area contributed by atoms with Crippen molar-refractivity contribution in [2.75, 3.05) is 11.6 Å².